The number of carbonyl (C=O) groups excluding carboxylic acids is 1. The van der Waals surface area contributed by atoms with Crippen LogP contribution in [0.2, 0.25) is 0 Å². The van der Waals surface area contributed by atoms with E-state index in [0.29, 0.717) is 18.9 Å². The summed E-state index contributed by atoms with van der Waals surface area (Å²) in [5.74, 6) is 0.150. The van der Waals surface area contributed by atoms with Gasteiger partial charge in [0, 0.05) is 13.2 Å². The lowest BCUT2D eigenvalue weighted by atomic mass is 9.78. The Labute approximate surface area is 155 Å². The molecule has 0 radical (unpaired) electrons. The summed E-state index contributed by atoms with van der Waals surface area (Å²) in [7, 11) is 1.62. The van der Waals surface area contributed by atoms with Gasteiger partial charge in [0.15, 0.2) is 0 Å². The molecule has 1 amide bonds. The van der Waals surface area contributed by atoms with Gasteiger partial charge in [0.2, 0.25) is 5.91 Å². The lowest BCUT2D eigenvalue weighted by Crippen LogP contribution is -2.51. The van der Waals surface area contributed by atoms with Crippen LogP contribution in [0.3, 0.4) is 0 Å². The van der Waals surface area contributed by atoms with E-state index in [0.717, 1.165) is 32.4 Å². The first-order valence-electron chi connectivity index (χ1n) is 8.50. The number of nitrogens with one attached hydrogen (secondary N) is 2. The Kier molecular flexibility index (Phi) is 9.17. The van der Waals surface area contributed by atoms with Crippen LogP contribution < -0.4 is 15.4 Å². The zero-order valence-corrected chi connectivity index (χ0v) is 15.7. The Bertz CT molecular complexity index is 533. The first-order chi connectivity index (χ1) is 11.6. The highest BCUT2D eigenvalue weighted by Crippen LogP contribution is 2.29. The van der Waals surface area contributed by atoms with Crippen LogP contribution in [0.1, 0.15) is 26.2 Å². The average Bonchev–Trinajstić information content (AvgIpc) is 2.59. The molecule has 1 saturated heterocycles. The summed E-state index contributed by atoms with van der Waals surface area (Å²) < 4.78 is 24.3. The zero-order chi connectivity index (χ0) is 17.4. The highest BCUT2D eigenvalue weighted by atomic mass is 35.5. The van der Waals surface area contributed by atoms with Crippen LogP contribution in [0.25, 0.3) is 0 Å². The molecule has 1 fully saturated rings. The predicted octanol–water partition coefficient (Wildman–Crippen LogP) is 2.54. The lowest BCUT2D eigenvalue weighted by Gasteiger charge is -2.35. The maximum Gasteiger partial charge on any atom is 0.228 e. The van der Waals surface area contributed by atoms with Gasteiger partial charge in [0.25, 0.3) is 0 Å². The van der Waals surface area contributed by atoms with Crippen LogP contribution >= 0.6 is 12.4 Å². The van der Waals surface area contributed by atoms with Crippen molar-refractivity contribution in [2.24, 2.45) is 5.41 Å². The minimum absolute atomic E-state index is 0. The molecule has 1 aliphatic rings. The van der Waals surface area contributed by atoms with E-state index in [-0.39, 0.29) is 30.2 Å². The topological polar surface area (TPSA) is 59.6 Å². The molecule has 7 heteroatoms. The number of methoxy groups -OCH3 is 1. The van der Waals surface area contributed by atoms with E-state index in [2.05, 4.69) is 10.6 Å². The molecule has 0 saturated carbocycles. The van der Waals surface area contributed by atoms with Gasteiger partial charge in [-0.15, -0.1) is 12.4 Å². The second-order valence-electron chi connectivity index (χ2n) is 6.28. The largest absolute Gasteiger partial charge is 0.489 e. The highest BCUT2D eigenvalue weighted by Gasteiger charge is 2.39. The van der Waals surface area contributed by atoms with E-state index in [1.807, 2.05) is 6.92 Å². The number of ether oxygens (including phenoxy) is 2. The molecular weight excluding hydrogens is 347 g/mol. The van der Waals surface area contributed by atoms with Gasteiger partial charge < -0.3 is 20.1 Å². The van der Waals surface area contributed by atoms with E-state index in [9.17, 15) is 9.18 Å². The smallest absolute Gasteiger partial charge is 0.228 e. The molecule has 1 aliphatic heterocycles. The number of carbonyl (C=O) groups is 1. The van der Waals surface area contributed by atoms with Crippen LogP contribution in [0, 0.1) is 11.2 Å². The third-order valence-electron chi connectivity index (χ3n) is 4.51. The third-order valence-corrected chi connectivity index (χ3v) is 4.51. The first-order valence-corrected chi connectivity index (χ1v) is 8.50. The van der Waals surface area contributed by atoms with Crippen molar-refractivity contribution in [2.75, 3.05) is 33.4 Å². The minimum atomic E-state index is -0.475. The minimum Gasteiger partial charge on any atom is -0.489 e. The number of piperidine rings is 1. The Morgan fingerprint density at radius 3 is 2.72 bits per heavy atom. The van der Waals surface area contributed by atoms with E-state index in [1.165, 1.54) is 12.1 Å². The highest BCUT2D eigenvalue weighted by molar-refractivity contribution is 5.85. The quantitative estimate of drug-likeness (QED) is 0.734. The van der Waals surface area contributed by atoms with Gasteiger partial charge in [0.05, 0.1) is 18.6 Å². The van der Waals surface area contributed by atoms with Crippen LogP contribution in [-0.4, -0.2) is 45.4 Å². The third kappa shape index (κ3) is 6.13. The van der Waals surface area contributed by atoms with E-state index in [1.54, 1.807) is 19.2 Å². The number of halogens is 2. The summed E-state index contributed by atoms with van der Waals surface area (Å²) >= 11 is 0. The fourth-order valence-electron chi connectivity index (χ4n) is 3.01. The van der Waals surface area contributed by atoms with Gasteiger partial charge in [0.1, 0.15) is 17.7 Å². The van der Waals surface area contributed by atoms with Crippen molar-refractivity contribution < 1.29 is 18.7 Å². The fraction of sp³-hybridized carbons (Fsp3) is 0.611. The van der Waals surface area contributed by atoms with Gasteiger partial charge >= 0.3 is 0 Å². The van der Waals surface area contributed by atoms with Crippen molar-refractivity contribution in [3.63, 3.8) is 0 Å². The second kappa shape index (κ2) is 10.6. The second-order valence-corrected chi connectivity index (χ2v) is 6.28. The van der Waals surface area contributed by atoms with Gasteiger partial charge in [-0.05, 0) is 44.5 Å². The Balaban J connectivity index is 0.00000312. The maximum atomic E-state index is 13.2. The van der Waals surface area contributed by atoms with Crippen molar-refractivity contribution >= 4 is 18.3 Å². The van der Waals surface area contributed by atoms with Crippen LogP contribution in [0.5, 0.6) is 5.75 Å². The van der Waals surface area contributed by atoms with E-state index >= 15 is 0 Å². The molecule has 1 unspecified atom stereocenters. The van der Waals surface area contributed by atoms with Gasteiger partial charge in [-0.3, -0.25) is 4.79 Å². The van der Waals surface area contributed by atoms with Crippen LogP contribution in [-0.2, 0) is 9.53 Å². The Morgan fingerprint density at radius 1 is 1.40 bits per heavy atom. The molecule has 142 valence electrons. The van der Waals surface area contributed by atoms with Crippen molar-refractivity contribution in [2.45, 2.75) is 32.3 Å². The monoisotopic (exact) mass is 374 g/mol. The standard InChI is InChI=1S/C18H27FN2O3.ClH/c1-3-15(24-16-6-4-5-14(19)11-16)12-21-17(22)18(13-23-2)7-9-20-10-8-18;/h4-6,11,15,20H,3,7-10,12-13H2,1-2H3,(H,21,22);1H. The lowest BCUT2D eigenvalue weighted by molar-refractivity contribution is -0.136. The summed E-state index contributed by atoms with van der Waals surface area (Å²) in [6.45, 7) is 4.42. The van der Waals surface area contributed by atoms with Crippen LogP contribution in [0.4, 0.5) is 4.39 Å². The molecule has 1 aromatic rings. The van der Waals surface area contributed by atoms with Crippen molar-refractivity contribution in [1.29, 1.82) is 0 Å². The number of benzene rings is 1. The van der Waals surface area contributed by atoms with Crippen molar-refractivity contribution in [3.05, 3.63) is 30.1 Å². The molecule has 1 heterocycles. The van der Waals surface area contributed by atoms with E-state index < -0.39 is 5.41 Å². The summed E-state index contributed by atoms with van der Waals surface area (Å²) in [5, 5.41) is 6.27. The Morgan fingerprint density at radius 2 is 2.12 bits per heavy atom. The normalized spacial score (nSPS) is 17.2. The summed E-state index contributed by atoms with van der Waals surface area (Å²) in [5.41, 5.74) is -0.475. The maximum absolute atomic E-state index is 13.2. The average molecular weight is 375 g/mol. The molecule has 1 atom stereocenters. The zero-order valence-electron chi connectivity index (χ0n) is 14.8. The van der Waals surface area contributed by atoms with Crippen molar-refractivity contribution in [3.8, 4) is 5.75 Å². The number of amides is 1. The number of hydrogen-bond donors (Lipinski definition) is 2. The fourth-order valence-corrected chi connectivity index (χ4v) is 3.01. The molecule has 5 nitrogen and oxygen atoms in total. The van der Waals surface area contributed by atoms with Gasteiger partial charge in [-0.1, -0.05) is 13.0 Å². The molecule has 0 aromatic heterocycles. The van der Waals surface area contributed by atoms with E-state index in [4.69, 9.17) is 9.47 Å². The molecule has 0 bridgehead atoms. The van der Waals surface area contributed by atoms with Gasteiger partial charge in [-0.25, -0.2) is 4.39 Å². The molecule has 0 spiro atoms. The van der Waals surface area contributed by atoms with Gasteiger partial charge in [-0.2, -0.15) is 0 Å². The Hall–Kier alpha value is -1.37. The SMILES string of the molecule is CCC(CNC(=O)C1(COC)CCNCC1)Oc1cccc(F)c1.Cl. The molecular formula is C18H28ClFN2O3. The predicted molar refractivity (Wildman–Crippen MR) is 97.8 cm³/mol. The molecule has 25 heavy (non-hydrogen) atoms. The summed E-state index contributed by atoms with van der Waals surface area (Å²) in [6.07, 6.45) is 2.04. The molecule has 0 aliphatic carbocycles. The molecule has 2 rings (SSSR count). The molecule has 2 N–H and O–H groups in total. The van der Waals surface area contributed by atoms with Crippen molar-refractivity contribution in [1.82, 2.24) is 10.6 Å². The summed E-state index contributed by atoms with van der Waals surface area (Å²) in [6, 6.07) is 6.05. The number of hydrogen-bond acceptors (Lipinski definition) is 4. The summed E-state index contributed by atoms with van der Waals surface area (Å²) in [4.78, 5) is 12.7. The number of rotatable bonds is 8. The molecule has 1 aromatic carbocycles. The van der Waals surface area contributed by atoms with Crippen LogP contribution in [0.15, 0.2) is 24.3 Å². The first kappa shape index (κ1) is 21.7.